The highest BCUT2D eigenvalue weighted by Crippen LogP contribution is 2.36. The summed E-state index contributed by atoms with van der Waals surface area (Å²) < 4.78 is 17.6. The van der Waals surface area contributed by atoms with Crippen LogP contribution in [-0.2, 0) is 6.54 Å². The van der Waals surface area contributed by atoms with Crippen LogP contribution in [0.15, 0.2) is 36.4 Å². The molecule has 0 bridgehead atoms. The molecule has 1 saturated carbocycles. The molecule has 8 heteroatoms. The van der Waals surface area contributed by atoms with Gasteiger partial charge in [-0.05, 0) is 83.5 Å². The van der Waals surface area contributed by atoms with Crippen LogP contribution in [0.3, 0.4) is 0 Å². The maximum Gasteiger partial charge on any atom is 0.225 e. The summed E-state index contributed by atoms with van der Waals surface area (Å²) in [6.45, 7) is 9.48. The Morgan fingerprint density at radius 1 is 0.897 bits per heavy atom. The maximum atomic E-state index is 5.97. The van der Waals surface area contributed by atoms with Crippen molar-refractivity contribution < 1.29 is 14.2 Å². The van der Waals surface area contributed by atoms with E-state index in [0.717, 1.165) is 83.8 Å². The lowest BCUT2D eigenvalue weighted by atomic mass is 9.84. The van der Waals surface area contributed by atoms with E-state index in [4.69, 9.17) is 24.2 Å². The monoisotopic (exact) mass is 535 g/mol. The van der Waals surface area contributed by atoms with Gasteiger partial charge in [0.1, 0.15) is 11.6 Å². The summed E-state index contributed by atoms with van der Waals surface area (Å²) in [6.07, 6.45) is 5.87. The minimum Gasteiger partial charge on any atom is -0.494 e. The summed E-state index contributed by atoms with van der Waals surface area (Å²) in [4.78, 5) is 11.7. The number of hydrogen-bond acceptors (Lipinski definition) is 8. The largest absolute Gasteiger partial charge is 0.494 e. The SMILES string of the molecule is CCOc1cc(CNCCC2CCC(Nc3nc(N(C)C)c4ccccc4n3)CC2)c(OCC)c(OCC)c1. The smallest absolute Gasteiger partial charge is 0.225 e. The predicted octanol–water partition coefficient (Wildman–Crippen LogP) is 6.04. The fourth-order valence-electron chi connectivity index (χ4n) is 5.36. The molecule has 0 unspecified atom stereocenters. The Hall–Kier alpha value is -3.26. The first kappa shape index (κ1) is 28.7. The topological polar surface area (TPSA) is 80.8 Å². The molecule has 1 aliphatic carbocycles. The molecule has 1 heterocycles. The van der Waals surface area contributed by atoms with Crippen molar-refractivity contribution in [2.24, 2.45) is 5.92 Å². The van der Waals surface area contributed by atoms with Gasteiger partial charge in [0, 0.05) is 43.7 Å². The number of anilines is 2. The standard InChI is InChI=1S/C31H45N5O3/c1-6-37-25-19-23(29(39-8-3)28(20-25)38-7-2)21-32-18-17-22-13-15-24(16-14-22)33-31-34-27-12-10-9-11-26(27)30(35-31)36(4)5/h9-12,19-20,22,24,32H,6-8,13-18,21H2,1-5H3,(H,33,34,35). The maximum absolute atomic E-state index is 5.97. The minimum atomic E-state index is 0.414. The molecule has 1 fully saturated rings. The number of rotatable bonds is 14. The van der Waals surface area contributed by atoms with Gasteiger partial charge in [-0.1, -0.05) is 12.1 Å². The zero-order chi connectivity index (χ0) is 27.6. The summed E-state index contributed by atoms with van der Waals surface area (Å²) in [6, 6.07) is 12.6. The summed E-state index contributed by atoms with van der Waals surface area (Å²) >= 11 is 0. The van der Waals surface area contributed by atoms with Crippen molar-refractivity contribution in [2.75, 3.05) is 50.7 Å². The van der Waals surface area contributed by atoms with Gasteiger partial charge in [-0.3, -0.25) is 0 Å². The summed E-state index contributed by atoms with van der Waals surface area (Å²) in [7, 11) is 4.06. The fraction of sp³-hybridized carbons (Fsp3) is 0.548. The molecule has 0 saturated heterocycles. The first-order valence-corrected chi connectivity index (χ1v) is 14.5. The molecule has 2 aromatic carbocycles. The highest BCUT2D eigenvalue weighted by atomic mass is 16.5. The molecule has 212 valence electrons. The van der Waals surface area contributed by atoms with E-state index in [1.807, 2.05) is 53.1 Å². The van der Waals surface area contributed by atoms with Gasteiger partial charge >= 0.3 is 0 Å². The molecule has 8 nitrogen and oxygen atoms in total. The van der Waals surface area contributed by atoms with Gasteiger partial charge in [-0.2, -0.15) is 4.98 Å². The van der Waals surface area contributed by atoms with Crippen molar-refractivity contribution in [3.63, 3.8) is 0 Å². The highest BCUT2D eigenvalue weighted by Gasteiger charge is 2.22. The second-order valence-corrected chi connectivity index (χ2v) is 10.3. The van der Waals surface area contributed by atoms with E-state index in [2.05, 4.69) is 33.7 Å². The van der Waals surface area contributed by atoms with Crippen LogP contribution < -0.4 is 29.7 Å². The summed E-state index contributed by atoms with van der Waals surface area (Å²) in [5, 5.41) is 8.34. The van der Waals surface area contributed by atoms with Crippen LogP contribution in [0, 0.1) is 5.92 Å². The molecule has 2 N–H and O–H groups in total. The molecule has 0 aliphatic heterocycles. The van der Waals surface area contributed by atoms with Crippen molar-refractivity contribution in [1.29, 1.82) is 0 Å². The van der Waals surface area contributed by atoms with Gasteiger partial charge in [0.15, 0.2) is 11.5 Å². The third-order valence-electron chi connectivity index (χ3n) is 7.24. The number of aromatic nitrogens is 2. The lowest BCUT2D eigenvalue weighted by Crippen LogP contribution is -2.28. The Bertz CT molecular complexity index is 1190. The predicted molar refractivity (Wildman–Crippen MR) is 160 cm³/mol. The average molecular weight is 536 g/mol. The van der Waals surface area contributed by atoms with E-state index in [0.29, 0.717) is 25.9 Å². The first-order chi connectivity index (χ1) is 19.0. The van der Waals surface area contributed by atoms with Crippen LogP contribution in [0.5, 0.6) is 17.2 Å². The number of ether oxygens (including phenoxy) is 3. The third kappa shape index (κ3) is 7.66. The molecule has 0 atom stereocenters. The molecule has 39 heavy (non-hydrogen) atoms. The molecular weight excluding hydrogens is 490 g/mol. The van der Waals surface area contributed by atoms with Gasteiger partial charge in [0.2, 0.25) is 5.95 Å². The molecule has 4 rings (SSSR count). The highest BCUT2D eigenvalue weighted by molar-refractivity contribution is 5.90. The van der Waals surface area contributed by atoms with Crippen LogP contribution in [-0.4, -0.2) is 56.5 Å². The average Bonchev–Trinajstić information content (AvgIpc) is 2.93. The number of nitrogens with zero attached hydrogens (tertiary/aromatic N) is 3. The van der Waals surface area contributed by atoms with E-state index in [-0.39, 0.29) is 0 Å². The number of benzene rings is 2. The summed E-state index contributed by atoms with van der Waals surface area (Å²) in [5.41, 5.74) is 2.05. The minimum absolute atomic E-state index is 0.414. The molecule has 0 spiro atoms. The van der Waals surface area contributed by atoms with Gasteiger partial charge in [-0.25, -0.2) is 4.98 Å². The van der Waals surface area contributed by atoms with Crippen LogP contribution in [0.1, 0.15) is 58.4 Å². The quantitative estimate of drug-likeness (QED) is 0.242. The van der Waals surface area contributed by atoms with Crippen LogP contribution in [0.25, 0.3) is 10.9 Å². The Kier molecular flexibility index (Phi) is 10.5. The normalized spacial score (nSPS) is 17.2. The van der Waals surface area contributed by atoms with E-state index in [1.54, 1.807) is 0 Å². The fourth-order valence-corrected chi connectivity index (χ4v) is 5.36. The van der Waals surface area contributed by atoms with E-state index in [9.17, 15) is 0 Å². The van der Waals surface area contributed by atoms with Crippen molar-refractivity contribution in [1.82, 2.24) is 15.3 Å². The number of para-hydroxylation sites is 1. The molecule has 1 aliphatic rings. The van der Waals surface area contributed by atoms with Gasteiger partial charge in [0.25, 0.3) is 0 Å². The van der Waals surface area contributed by atoms with E-state index in [1.165, 1.54) is 12.8 Å². The zero-order valence-electron chi connectivity index (χ0n) is 24.3. The van der Waals surface area contributed by atoms with Crippen molar-refractivity contribution in [3.05, 3.63) is 42.0 Å². The zero-order valence-corrected chi connectivity index (χ0v) is 24.3. The Morgan fingerprint density at radius 3 is 2.36 bits per heavy atom. The van der Waals surface area contributed by atoms with Crippen molar-refractivity contribution >= 4 is 22.7 Å². The lowest BCUT2D eigenvalue weighted by molar-refractivity contribution is 0.279. The molecule has 0 amide bonds. The Balaban J connectivity index is 1.28. The van der Waals surface area contributed by atoms with Gasteiger partial charge in [-0.15, -0.1) is 0 Å². The Morgan fingerprint density at radius 2 is 1.64 bits per heavy atom. The van der Waals surface area contributed by atoms with Crippen LogP contribution in [0.4, 0.5) is 11.8 Å². The third-order valence-corrected chi connectivity index (χ3v) is 7.24. The lowest BCUT2D eigenvalue weighted by Gasteiger charge is -2.29. The van der Waals surface area contributed by atoms with Crippen LogP contribution in [0.2, 0.25) is 0 Å². The molecule has 3 aromatic rings. The number of hydrogen-bond donors (Lipinski definition) is 2. The van der Waals surface area contributed by atoms with Gasteiger partial charge in [0.05, 0.1) is 25.3 Å². The Labute approximate surface area is 233 Å². The van der Waals surface area contributed by atoms with E-state index >= 15 is 0 Å². The van der Waals surface area contributed by atoms with Crippen molar-refractivity contribution in [3.8, 4) is 17.2 Å². The van der Waals surface area contributed by atoms with Crippen molar-refractivity contribution in [2.45, 2.75) is 65.5 Å². The van der Waals surface area contributed by atoms with Gasteiger partial charge < -0.3 is 29.7 Å². The molecule has 1 aromatic heterocycles. The van der Waals surface area contributed by atoms with E-state index < -0.39 is 0 Å². The first-order valence-electron chi connectivity index (χ1n) is 14.5. The number of fused-ring (bicyclic) bond motifs is 1. The second-order valence-electron chi connectivity index (χ2n) is 10.3. The summed E-state index contributed by atoms with van der Waals surface area (Å²) in [5.74, 6) is 4.80. The second kappa shape index (κ2) is 14.2. The number of nitrogens with one attached hydrogen (secondary N) is 2. The molecular formula is C31H45N5O3. The van der Waals surface area contributed by atoms with Crippen LogP contribution >= 0.6 is 0 Å². The molecule has 0 radical (unpaired) electrons.